The largest absolute Gasteiger partial charge is 0.493 e. The van der Waals surface area contributed by atoms with Gasteiger partial charge in [-0.3, -0.25) is 0 Å². The van der Waals surface area contributed by atoms with Crippen molar-refractivity contribution in [3.63, 3.8) is 0 Å². The Hall–Kier alpha value is -2.44. The number of carbonyl (C=O) groups excluding carboxylic acids is 2. The topological polar surface area (TPSA) is 80.3 Å². The Morgan fingerprint density at radius 1 is 1.14 bits per heavy atom. The summed E-state index contributed by atoms with van der Waals surface area (Å²) < 4.78 is 25.3. The van der Waals surface area contributed by atoms with E-state index in [0.717, 1.165) is 0 Å². The molecule has 1 heterocycles. The maximum Gasteiger partial charge on any atom is 0.347 e. The molecule has 7 heteroatoms. The third kappa shape index (κ3) is 3.01. The molecule has 1 saturated heterocycles. The van der Waals surface area contributed by atoms with Crippen molar-refractivity contribution in [3.05, 3.63) is 17.7 Å². The molecule has 0 bridgehead atoms. The standard InChI is InChI=1S/C14H16O7/c1-17-10-6-8(7-11(18-2)12(10)19-3)13(15)21-9-4-5-20-14(9)16/h6-7,9H,4-5H2,1-3H3/t9-/m0/s1. The minimum atomic E-state index is -0.864. The predicted molar refractivity (Wildman–Crippen MR) is 70.9 cm³/mol. The second kappa shape index (κ2) is 6.34. The summed E-state index contributed by atoms with van der Waals surface area (Å²) in [5, 5.41) is 0. The fourth-order valence-electron chi connectivity index (χ4n) is 1.98. The summed E-state index contributed by atoms with van der Waals surface area (Å²) in [5.74, 6) is -0.152. The van der Waals surface area contributed by atoms with E-state index in [1.165, 1.54) is 33.5 Å². The average molecular weight is 296 g/mol. The van der Waals surface area contributed by atoms with Crippen LogP contribution < -0.4 is 14.2 Å². The van der Waals surface area contributed by atoms with Gasteiger partial charge in [-0.25, -0.2) is 9.59 Å². The Kier molecular flexibility index (Phi) is 4.52. The van der Waals surface area contributed by atoms with Crippen LogP contribution in [-0.2, 0) is 14.3 Å². The summed E-state index contributed by atoms with van der Waals surface area (Å²) in [7, 11) is 4.36. The van der Waals surface area contributed by atoms with Crippen molar-refractivity contribution in [1.29, 1.82) is 0 Å². The minimum absolute atomic E-state index is 0.198. The Morgan fingerprint density at radius 2 is 1.76 bits per heavy atom. The van der Waals surface area contributed by atoms with Crippen molar-refractivity contribution >= 4 is 11.9 Å². The minimum Gasteiger partial charge on any atom is -0.493 e. The lowest BCUT2D eigenvalue weighted by molar-refractivity contribution is -0.145. The number of ether oxygens (including phenoxy) is 5. The number of hydrogen-bond acceptors (Lipinski definition) is 7. The first-order chi connectivity index (χ1) is 10.1. The van der Waals surface area contributed by atoms with Crippen LogP contribution in [0.25, 0.3) is 0 Å². The zero-order valence-electron chi connectivity index (χ0n) is 12.0. The van der Waals surface area contributed by atoms with Crippen LogP contribution in [0.1, 0.15) is 16.8 Å². The molecule has 0 amide bonds. The molecule has 0 N–H and O–H groups in total. The zero-order valence-corrected chi connectivity index (χ0v) is 12.0. The highest BCUT2D eigenvalue weighted by Gasteiger charge is 2.31. The Bertz CT molecular complexity index is 527. The molecule has 1 aliphatic rings. The summed E-state index contributed by atoms with van der Waals surface area (Å²) in [4.78, 5) is 23.4. The summed E-state index contributed by atoms with van der Waals surface area (Å²) >= 11 is 0. The van der Waals surface area contributed by atoms with E-state index in [1.54, 1.807) is 0 Å². The van der Waals surface area contributed by atoms with E-state index in [-0.39, 0.29) is 12.2 Å². The summed E-state index contributed by atoms with van der Waals surface area (Å²) in [6, 6.07) is 2.92. The molecule has 1 aromatic rings. The SMILES string of the molecule is COc1cc(C(=O)O[C@H]2CCOC2=O)cc(OC)c1OC. The van der Waals surface area contributed by atoms with Crippen molar-refractivity contribution in [3.8, 4) is 17.2 Å². The number of benzene rings is 1. The maximum absolute atomic E-state index is 12.1. The monoisotopic (exact) mass is 296 g/mol. The third-order valence-corrected chi connectivity index (χ3v) is 3.04. The Labute approximate surface area is 121 Å². The first-order valence-corrected chi connectivity index (χ1v) is 6.28. The van der Waals surface area contributed by atoms with Gasteiger partial charge in [0, 0.05) is 6.42 Å². The first-order valence-electron chi connectivity index (χ1n) is 6.28. The molecular formula is C14H16O7. The van der Waals surface area contributed by atoms with Crippen LogP contribution in [-0.4, -0.2) is 46.0 Å². The van der Waals surface area contributed by atoms with Gasteiger partial charge in [-0.1, -0.05) is 0 Å². The smallest absolute Gasteiger partial charge is 0.347 e. The second-order valence-corrected chi connectivity index (χ2v) is 4.26. The van der Waals surface area contributed by atoms with Gasteiger partial charge >= 0.3 is 11.9 Å². The molecule has 0 unspecified atom stereocenters. The van der Waals surface area contributed by atoms with Gasteiger partial charge in [0.05, 0.1) is 33.5 Å². The fourth-order valence-corrected chi connectivity index (χ4v) is 1.98. The fraction of sp³-hybridized carbons (Fsp3) is 0.429. The van der Waals surface area contributed by atoms with Gasteiger partial charge in [0.1, 0.15) is 0 Å². The van der Waals surface area contributed by atoms with Gasteiger partial charge in [-0.05, 0) is 12.1 Å². The van der Waals surface area contributed by atoms with Gasteiger partial charge in [-0.2, -0.15) is 0 Å². The van der Waals surface area contributed by atoms with Crippen molar-refractivity contribution in [2.24, 2.45) is 0 Å². The highest BCUT2D eigenvalue weighted by Crippen LogP contribution is 2.38. The highest BCUT2D eigenvalue weighted by atomic mass is 16.6. The molecule has 0 saturated carbocycles. The first kappa shape index (κ1) is 15.0. The molecule has 0 spiro atoms. The van der Waals surface area contributed by atoms with E-state index < -0.39 is 18.0 Å². The zero-order chi connectivity index (χ0) is 15.4. The van der Waals surface area contributed by atoms with Gasteiger partial charge in [0.2, 0.25) is 11.9 Å². The number of rotatable bonds is 5. The van der Waals surface area contributed by atoms with E-state index in [9.17, 15) is 9.59 Å². The lowest BCUT2D eigenvalue weighted by Gasteiger charge is -2.14. The van der Waals surface area contributed by atoms with E-state index in [4.69, 9.17) is 23.7 Å². The molecule has 21 heavy (non-hydrogen) atoms. The van der Waals surface area contributed by atoms with Crippen LogP contribution in [0, 0.1) is 0 Å². The molecule has 2 rings (SSSR count). The molecule has 0 aliphatic carbocycles. The normalized spacial score (nSPS) is 17.1. The number of carbonyl (C=O) groups is 2. The number of cyclic esters (lactones) is 1. The Morgan fingerprint density at radius 3 is 2.19 bits per heavy atom. The van der Waals surface area contributed by atoms with Crippen LogP contribution in [0.3, 0.4) is 0 Å². The van der Waals surface area contributed by atoms with Crippen molar-refractivity contribution in [2.45, 2.75) is 12.5 Å². The van der Waals surface area contributed by atoms with E-state index >= 15 is 0 Å². The third-order valence-electron chi connectivity index (χ3n) is 3.04. The second-order valence-electron chi connectivity index (χ2n) is 4.26. The van der Waals surface area contributed by atoms with E-state index in [0.29, 0.717) is 23.7 Å². The van der Waals surface area contributed by atoms with Crippen LogP contribution >= 0.6 is 0 Å². The molecule has 1 aromatic carbocycles. The molecular weight excluding hydrogens is 280 g/mol. The molecule has 0 radical (unpaired) electrons. The van der Waals surface area contributed by atoms with E-state index in [2.05, 4.69) is 0 Å². The van der Waals surface area contributed by atoms with Gasteiger partial charge < -0.3 is 23.7 Å². The van der Waals surface area contributed by atoms with E-state index in [1.807, 2.05) is 0 Å². The van der Waals surface area contributed by atoms with Gasteiger partial charge in [0.15, 0.2) is 11.5 Å². The van der Waals surface area contributed by atoms with Crippen LogP contribution in [0.2, 0.25) is 0 Å². The quantitative estimate of drug-likeness (QED) is 0.755. The number of hydrogen-bond donors (Lipinski definition) is 0. The van der Waals surface area contributed by atoms with Crippen LogP contribution in [0.15, 0.2) is 12.1 Å². The van der Waals surface area contributed by atoms with Crippen molar-refractivity contribution in [2.75, 3.05) is 27.9 Å². The summed E-state index contributed by atoms with van der Waals surface area (Å²) in [6.07, 6.45) is -0.508. The average Bonchev–Trinajstić information content (AvgIpc) is 2.90. The molecule has 114 valence electrons. The lowest BCUT2D eigenvalue weighted by atomic mass is 10.1. The lowest BCUT2D eigenvalue weighted by Crippen LogP contribution is -2.22. The molecule has 1 fully saturated rings. The van der Waals surface area contributed by atoms with Crippen molar-refractivity contribution < 1.29 is 33.3 Å². The molecule has 0 aromatic heterocycles. The Balaban J connectivity index is 2.26. The van der Waals surface area contributed by atoms with Crippen LogP contribution in [0.5, 0.6) is 17.2 Å². The van der Waals surface area contributed by atoms with Gasteiger partial charge in [-0.15, -0.1) is 0 Å². The highest BCUT2D eigenvalue weighted by molar-refractivity contribution is 5.93. The maximum atomic E-state index is 12.1. The molecule has 1 aliphatic heterocycles. The summed E-state index contributed by atoms with van der Waals surface area (Å²) in [5.41, 5.74) is 0.198. The molecule has 1 atom stereocenters. The number of methoxy groups -OCH3 is 3. The predicted octanol–water partition coefficient (Wildman–Crippen LogP) is 1.18. The molecule has 7 nitrogen and oxygen atoms in total. The van der Waals surface area contributed by atoms with Crippen LogP contribution in [0.4, 0.5) is 0 Å². The number of esters is 2. The summed E-state index contributed by atoms with van der Waals surface area (Å²) in [6.45, 7) is 0.256. The van der Waals surface area contributed by atoms with Crippen molar-refractivity contribution in [1.82, 2.24) is 0 Å². The van der Waals surface area contributed by atoms with Gasteiger partial charge in [0.25, 0.3) is 0 Å².